The topological polar surface area (TPSA) is 86.7 Å². The average molecular weight is 340 g/mol. The third-order valence-electron chi connectivity index (χ3n) is 3.96. The third-order valence-corrected chi connectivity index (χ3v) is 5.72. The van der Waals surface area contributed by atoms with E-state index in [-0.39, 0.29) is 30.0 Å². The molecule has 1 heterocycles. The van der Waals surface area contributed by atoms with Crippen LogP contribution in [0.4, 0.5) is 5.69 Å². The number of benzene rings is 1. The lowest BCUT2D eigenvalue weighted by Crippen LogP contribution is -2.44. The number of carbonyl (C=O) groups excluding carboxylic acids is 1. The van der Waals surface area contributed by atoms with Crippen LogP contribution >= 0.6 is 0 Å². The minimum Gasteiger partial charge on any atom is -0.391 e. The lowest BCUT2D eigenvalue weighted by Gasteiger charge is -2.27. The summed E-state index contributed by atoms with van der Waals surface area (Å²) in [6.45, 7) is 2.34. The van der Waals surface area contributed by atoms with Crippen LogP contribution in [0, 0.1) is 0 Å². The van der Waals surface area contributed by atoms with Gasteiger partial charge in [-0.2, -0.15) is 0 Å². The number of nitrogens with zero attached hydrogens (tertiary/aromatic N) is 1. The monoisotopic (exact) mass is 340 g/mol. The number of hydrogen-bond donors (Lipinski definition) is 2. The molecule has 2 N–H and O–H groups in total. The number of carbonyl (C=O) groups is 1. The van der Waals surface area contributed by atoms with Gasteiger partial charge in [-0.05, 0) is 25.0 Å². The van der Waals surface area contributed by atoms with Crippen molar-refractivity contribution in [1.29, 1.82) is 0 Å². The van der Waals surface area contributed by atoms with Crippen LogP contribution in [0.25, 0.3) is 0 Å². The van der Waals surface area contributed by atoms with Crippen LogP contribution in [0.5, 0.6) is 0 Å². The summed E-state index contributed by atoms with van der Waals surface area (Å²) in [4.78, 5) is 14.0. The largest absolute Gasteiger partial charge is 0.391 e. The van der Waals surface area contributed by atoms with Crippen molar-refractivity contribution in [2.45, 2.75) is 31.9 Å². The van der Waals surface area contributed by atoms with Crippen molar-refractivity contribution >= 4 is 21.4 Å². The Morgan fingerprint density at radius 2 is 2.09 bits per heavy atom. The number of aliphatic hydroxyl groups excluding tert-OH is 1. The highest BCUT2D eigenvalue weighted by molar-refractivity contribution is 7.91. The van der Waals surface area contributed by atoms with Crippen molar-refractivity contribution in [3.63, 3.8) is 0 Å². The Morgan fingerprint density at radius 3 is 2.65 bits per heavy atom. The highest BCUT2D eigenvalue weighted by Gasteiger charge is 2.29. The van der Waals surface area contributed by atoms with Gasteiger partial charge in [-0.15, -0.1) is 0 Å². The molecule has 1 fully saturated rings. The predicted molar refractivity (Wildman–Crippen MR) is 90.2 cm³/mol. The SMILES string of the molecule is CC[C@H](O)CN(CC(=O)N[C@@H]1CCS(=O)(=O)C1)c1ccccc1. The quantitative estimate of drug-likeness (QED) is 0.758. The van der Waals surface area contributed by atoms with Gasteiger partial charge in [-0.3, -0.25) is 4.79 Å². The molecule has 6 nitrogen and oxygen atoms in total. The van der Waals surface area contributed by atoms with Gasteiger partial charge in [0, 0.05) is 18.3 Å². The molecule has 1 aromatic carbocycles. The van der Waals surface area contributed by atoms with Gasteiger partial charge < -0.3 is 15.3 Å². The summed E-state index contributed by atoms with van der Waals surface area (Å²) in [6.07, 6.45) is 0.554. The van der Waals surface area contributed by atoms with Gasteiger partial charge in [0.2, 0.25) is 5.91 Å². The molecule has 1 amide bonds. The Balaban J connectivity index is 1.98. The van der Waals surface area contributed by atoms with Gasteiger partial charge in [0.05, 0.1) is 24.2 Å². The van der Waals surface area contributed by atoms with Crippen molar-refractivity contribution in [2.24, 2.45) is 0 Å². The van der Waals surface area contributed by atoms with Crippen LogP contribution in [0.1, 0.15) is 19.8 Å². The molecule has 0 spiro atoms. The molecule has 2 atom stereocenters. The normalized spacial score (nSPS) is 20.9. The third kappa shape index (κ3) is 5.51. The maximum absolute atomic E-state index is 12.2. The molecule has 23 heavy (non-hydrogen) atoms. The van der Waals surface area contributed by atoms with E-state index >= 15 is 0 Å². The highest BCUT2D eigenvalue weighted by atomic mass is 32.2. The zero-order valence-corrected chi connectivity index (χ0v) is 14.1. The number of rotatable bonds is 7. The Kier molecular flexibility index (Phi) is 6.01. The van der Waals surface area contributed by atoms with Crippen LogP contribution in [0.2, 0.25) is 0 Å². The highest BCUT2D eigenvalue weighted by Crippen LogP contribution is 2.15. The number of hydrogen-bond acceptors (Lipinski definition) is 5. The van der Waals surface area contributed by atoms with Gasteiger partial charge >= 0.3 is 0 Å². The second-order valence-electron chi connectivity index (χ2n) is 5.95. The van der Waals surface area contributed by atoms with E-state index < -0.39 is 15.9 Å². The van der Waals surface area contributed by atoms with E-state index in [1.165, 1.54) is 0 Å². The van der Waals surface area contributed by atoms with Gasteiger partial charge in [-0.1, -0.05) is 25.1 Å². The fourth-order valence-electron chi connectivity index (χ4n) is 2.64. The van der Waals surface area contributed by atoms with Crippen LogP contribution < -0.4 is 10.2 Å². The van der Waals surface area contributed by atoms with E-state index in [4.69, 9.17) is 0 Å². The first-order chi connectivity index (χ1) is 10.9. The molecule has 0 radical (unpaired) electrons. The summed E-state index contributed by atoms with van der Waals surface area (Å²) in [5.74, 6) is -0.0735. The van der Waals surface area contributed by atoms with Gasteiger partial charge in [0.25, 0.3) is 0 Å². The molecule has 0 aliphatic carbocycles. The molecule has 128 valence electrons. The molecule has 1 aliphatic heterocycles. The molecule has 1 aliphatic rings. The fourth-order valence-corrected chi connectivity index (χ4v) is 4.31. The van der Waals surface area contributed by atoms with Gasteiger partial charge in [-0.25, -0.2) is 8.42 Å². The molecule has 0 bridgehead atoms. The van der Waals surface area contributed by atoms with E-state index in [0.717, 1.165) is 5.69 Å². The maximum Gasteiger partial charge on any atom is 0.239 e. The molecule has 7 heteroatoms. The predicted octanol–water partition coefficient (Wildman–Crippen LogP) is 0.567. The summed E-state index contributed by atoms with van der Waals surface area (Å²) >= 11 is 0. The van der Waals surface area contributed by atoms with E-state index in [1.54, 1.807) is 0 Å². The molecule has 1 aromatic rings. The second kappa shape index (κ2) is 7.79. The summed E-state index contributed by atoms with van der Waals surface area (Å²) < 4.78 is 22.9. The van der Waals surface area contributed by atoms with Gasteiger partial charge in [0.1, 0.15) is 0 Å². The first-order valence-corrected chi connectivity index (χ1v) is 9.69. The molecule has 2 rings (SSSR count). The average Bonchev–Trinajstić information content (AvgIpc) is 2.86. The zero-order chi connectivity index (χ0) is 16.9. The first kappa shape index (κ1) is 17.7. The molecular weight excluding hydrogens is 316 g/mol. The van der Waals surface area contributed by atoms with Crippen LogP contribution in [0.3, 0.4) is 0 Å². The Bertz CT molecular complexity index is 618. The standard InChI is InChI=1S/C16H24N2O4S/c1-2-15(19)10-18(14-6-4-3-5-7-14)11-16(20)17-13-8-9-23(21,22)12-13/h3-7,13,15,19H,2,8-12H2,1H3,(H,17,20)/t13-,15+/m1/s1. The fraction of sp³-hybridized carbons (Fsp3) is 0.562. The lowest BCUT2D eigenvalue weighted by atomic mass is 10.2. The van der Waals surface area contributed by atoms with E-state index in [1.807, 2.05) is 42.2 Å². The first-order valence-electron chi connectivity index (χ1n) is 7.87. The van der Waals surface area contributed by atoms with Crippen LogP contribution in [-0.4, -0.2) is 56.2 Å². The zero-order valence-electron chi connectivity index (χ0n) is 13.3. The second-order valence-corrected chi connectivity index (χ2v) is 8.17. The van der Waals surface area contributed by atoms with Crippen molar-refractivity contribution in [1.82, 2.24) is 5.32 Å². The summed E-state index contributed by atoms with van der Waals surface area (Å²) in [6, 6.07) is 9.11. The Hall–Kier alpha value is -1.60. The van der Waals surface area contributed by atoms with E-state index in [0.29, 0.717) is 19.4 Å². The summed E-state index contributed by atoms with van der Waals surface area (Å²) in [5.41, 5.74) is 0.856. The number of para-hydroxylation sites is 1. The molecule has 0 saturated carbocycles. The van der Waals surface area contributed by atoms with Crippen molar-refractivity contribution in [3.05, 3.63) is 30.3 Å². The van der Waals surface area contributed by atoms with Crippen molar-refractivity contribution in [2.75, 3.05) is 29.5 Å². The van der Waals surface area contributed by atoms with Crippen molar-refractivity contribution < 1.29 is 18.3 Å². The van der Waals surface area contributed by atoms with Gasteiger partial charge in [0.15, 0.2) is 9.84 Å². The number of aliphatic hydroxyl groups is 1. The molecular formula is C16H24N2O4S. The van der Waals surface area contributed by atoms with Crippen LogP contribution in [-0.2, 0) is 14.6 Å². The number of amides is 1. The number of nitrogens with one attached hydrogen (secondary N) is 1. The Labute approximate surface area is 137 Å². The molecule has 0 unspecified atom stereocenters. The molecule has 1 saturated heterocycles. The minimum atomic E-state index is -3.01. The maximum atomic E-state index is 12.2. The molecule has 0 aromatic heterocycles. The number of sulfone groups is 1. The smallest absolute Gasteiger partial charge is 0.239 e. The van der Waals surface area contributed by atoms with E-state index in [9.17, 15) is 18.3 Å². The van der Waals surface area contributed by atoms with E-state index in [2.05, 4.69) is 5.32 Å². The Morgan fingerprint density at radius 1 is 1.39 bits per heavy atom. The summed E-state index contributed by atoms with van der Waals surface area (Å²) in [5, 5.41) is 12.7. The lowest BCUT2D eigenvalue weighted by molar-refractivity contribution is -0.120. The number of anilines is 1. The minimum absolute atomic E-state index is 0.0155. The summed E-state index contributed by atoms with van der Waals surface area (Å²) in [7, 11) is -3.01. The van der Waals surface area contributed by atoms with Crippen LogP contribution in [0.15, 0.2) is 30.3 Å². The van der Waals surface area contributed by atoms with Crippen molar-refractivity contribution in [3.8, 4) is 0 Å².